The van der Waals surface area contributed by atoms with Crippen molar-refractivity contribution in [1.82, 2.24) is 10.6 Å². The van der Waals surface area contributed by atoms with E-state index >= 15 is 0 Å². The van der Waals surface area contributed by atoms with Crippen LogP contribution in [-0.2, 0) is 54.1 Å². The maximum absolute atomic E-state index is 13.5. The number of para-hydroxylation sites is 1. The van der Waals surface area contributed by atoms with E-state index in [2.05, 4.69) is 29.4 Å². The molecule has 2 aromatic carbocycles. The van der Waals surface area contributed by atoms with E-state index in [-0.39, 0.29) is 47.9 Å². The lowest BCUT2D eigenvalue weighted by Crippen LogP contribution is -2.70. The third-order valence-corrected chi connectivity index (χ3v) is 10.1. The molecule has 306 valence electrons. The molecule has 2 aromatic rings. The number of nitrogens with zero attached hydrogens (tertiary/aromatic N) is 1. The quantitative estimate of drug-likeness (QED) is 0.0929. The number of hydrogen-bond donors (Lipinski definition) is 2. The van der Waals surface area contributed by atoms with Crippen LogP contribution in [0.5, 0.6) is 0 Å². The average molecular weight is 778 g/mol. The summed E-state index contributed by atoms with van der Waals surface area (Å²) in [4.78, 5) is 40.8. The first kappa shape index (κ1) is 43.3. The lowest BCUT2D eigenvalue weighted by Gasteiger charge is -2.69. The molecule has 0 aromatic heterocycles. The molecule has 0 saturated heterocycles. The minimum Gasteiger partial charge on any atom is -0.379 e. The lowest BCUT2D eigenvalue weighted by molar-refractivity contribution is -0.205. The number of amides is 3. The van der Waals surface area contributed by atoms with Gasteiger partial charge in [-0.1, -0.05) is 49.1 Å². The fourth-order valence-electron chi connectivity index (χ4n) is 7.34. The van der Waals surface area contributed by atoms with Gasteiger partial charge in [0.15, 0.2) is 0 Å². The van der Waals surface area contributed by atoms with Crippen molar-refractivity contribution in [2.75, 3.05) is 110 Å². The predicted octanol–water partition coefficient (Wildman–Crippen LogP) is 3.64. The van der Waals surface area contributed by atoms with Crippen LogP contribution in [0.3, 0.4) is 0 Å². The first-order chi connectivity index (χ1) is 27.4. The maximum Gasteiger partial charge on any atom is 0.229 e. The van der Waals surface area contributed by atoms with Gasteiger partial charge < -0.3 is 48.7 Å². The van der Waals surface area contributed by atoms with Gasteiger partial charge in [-0.05, 0) is 54.9 Å². The van der Waals surface area contributed by atoms with Crippen molar-refractivity contribution in [3.63, 3.8) is 0 Å². The molecule has 0 atom stereocenters. The minimum absolute atomic E-state index is 0.00174. The second-order valence-corrected chi connectivity index (χ2v) is 14.5. The molecule has 13 heteroatoms. The Balaban J connectivity index is 0.815. The molecular weight excluding hydrogens is 718 g/mol. The van der Waals surface area contributed by atoms with E-state index in [0.717, 1.165) is 54.7 Å². The maximum atomic E-state index is 13.5. The van der Waals surface area contributed by atoms with Gasteiger partial charge in [-0.25, -0.2) is 0 Å². The van der Waals surface area contributed by atoms with Gasteiger partial charge in [-0.3, -0.25) is 14.4 Å². The van der Waals surface area contributed by atoms with Gasteiger partial charge in [0.2, 0.25) is 17.7 Å². The van der Waals surface area contributed by atoms with E-state index in [9.17, 15) is 14.4 Å². The summed E-state index contributed by atoms with van der Waals surface area (Å²) in [6, 6.07) is 15.5. The highest BCUT2D eigenvalue weighted by atomic mass is 16.6. The Morgan fingerprint density at radius 2 is 1.12 bits per heavy atom. The molecule has 0 spiro atoms. The zero-order valence-corrected chi connectivity index (χ0v) is 32.9. The fraction of sp³-hybridized carbons (Fsp3) is 0.605. The van der Waals surface area contributed by atoms with Crippen LogP contribution in [0.4, 0.5) is 5.69 Å². The van der Waals surface area contributed by atoms with Crippen molar-refractivity contribution in [2.24, 2.45) is 10.8 Å². The molecule has 4 aliphatic rings. The summed E-state index contributed by atoms with van der Waals surface area (Å²) in [7, 11) is 0. The Hall–Kier alpha value is -3.87. The Kier molecular flexibility index (Phi) is 18.1. The van der Waals surface area contributed by atoms with Crippen molar-refractivity contribution < 1.29 is 47.5 Å². The van der Waals surface area contributed by atoms with Crippen molar-refractivity contribution in [2.45, 2.75) is 52.0 Å². The number of hydrogen-bond acceptors (Lipinski definition) is 10. The standard InChI is InChI=1S/C43H59N3O10/c1-2-16-50-18-20-52-22-24-54-26-28-56-29-27-55-25-23-53-21-19-51-17-14-39(47)45-34-42-31-43(32-42,33-42)41(49)44-15-13-40(48)46-30-37-9-4-3-7-35(37)11-12-36-8-5-6-10-38(36)46/h3-10H,2,13-34H2,1H3,(H,44,49)(H,45,47). The largest absolute Gasteiger partial charge is 0.379 e. The van der Waals surface area contributed by atoms with E-state index in [4.69, 9.17) is 33.2 Å². The molecule has 13 nitrogen and oxygen atoms in total. The minimum atomic E-state index is -0.382. The molecule has 6 rings (SSSR count). The number of carbonyl (C=O) groups is 3. The van der Waals surface area contributed by atoms with Crippen LogP contribution >= 0.6 is 0 Å². The van der Waals surface area contributed by atoms with E-state index in [1.165, 1.54) is 0 Å². The molecule has 0 radical (unpaired) electrons. The summed E-state index contributed by atoms with van der Waals surface area (Å²) in [6.07, 6.45) is 3.73. The van der Waals surface area contributed by atoms with Crippen LogP contribution in [0.25, 0.3) is 0 Å². The number of benzene rings is 2. The molecular formula is C43H59N3O10. The summed E-state index contributed by atoms with van der Waals surface area (Å²) in [5, 5.41) is 6.03. The van der Waals surface area contributed by atoms with Gasteiger partial charge in [0, 0.05) is 43.7 Å². The summed E-state index contributed by atoms with van der Waals surface area (Å²) >= 11 is 0. The molecule has 1 aliphatic heterocycles. The van der Waals surface area contributed by atoms with E-state index in [1.807, 2.05) is 48.5 Å². The zero-order chi connectivity index (χ0) is 39.3. The highest BCUT2D eigenvalue weighted by Gasteiger charge is 2.71. The molecule has 3 amide bonds. The van der Waals surface area contributed by atoms with E-state index < -0.39 is 0 Å². The Morgan fingerprint density at radius 1 is 0.625 bits per heavy atom. The summed E-state index contributed by atoms with van der Waals surface area (Å²) in [6.45, 7) is 10.4. The number of anilines is 1. The molecule has 3 aliphatic carbocycles. The summed E-state index contributed by atoms with van der Waals surface area (Å²) < 4.78 is 38.3. The normalized spacial score (nSPS) is 18.9. The van der Waals surface area contributed by atoms with Crippen molar-refractivity contribution >= 4 is 23.4 Å². The Labute approximate surface area is 331 Å². The Bertz CT molecular complexity index is 1590. The smallest absolute Gasteiger partial charge is 0.229 e. The van der Waals surface area contributed by atoms with Crippen molar-refractivity contribution in [3.05, 3.63) is 65.2 Å². The molecule has 2 N–H and O–H groups in total. The number of carbonyl (C=O) groups excluding carboxylic acids is 3. The monoisotopic (exact) mass is 777 g/mol. The zero-order valence-electron chi connectivity index (χ0n) is 32.9. The van der Waals surface area contributed by atoms with Crippen LogP contribution in [0.1, 0.15) is 62.1 Å². The van der Waals surface area contributed by atoms with Gasteiger partial charge in [0.25, 0.3) is 0 Å². The molecule has 3 saturated carbocycles. The van der Waals surface area contributed by atoms with Crippen LogP contribution in [-0.4, -0.2) is 123 Å². The van der Waals surface area contributed by atoms with Crippen molar-refractivity contribution in [3.8, 4) is 11.8 Å². The van der Waals surface area contributed by atoms with Crippen LogP contribution < -0.4 is 15.5 Å². The highest BCUT2D eigenvalue weighted by Crippen LogP contribution is 2.73. The molecule has 56 heavy (non-hydrogen) atoms. The van der Waals surface area contributed by atoms with Crippen LogP contribution in [0.2, 0.25) is 0 Å². The number of fused-ring (bicyclic) bond motifs is 2. The van der Waals surface area contributed by atoms with Gasteiger partial charge in [0.1, 0.15) is 0 Å². The van der Waals surface area contributed by atoms with Gasteiger partial charge in [-0.2, -0.15) is 0 Å². The SMILES string of the molecule is CCCOCCOCCOCCOCCOCCOCCOCCC(=O)NCC12CC(C(=O)NCCC(=O)N3Cc4ccccc4C#Cc4ccccc43)(C1)C2. The van der Waals surface area contributed by atoms with Crippen LogP contribution in [0.15, 0.2) is 48.5 Å². The van der Waals surface area contributed by atoms with Gasteiger partial charge in [0.05, 0.1) is 104 Å². The third-order valence-electron chi connectivity index (χ3n) is 10.1. The number of ether oxygens (including phenoxy) is 7. The molecule has 0 unspecified atom stereocenters. The van der Waals surface area contributed by atoms with E-state index in [1.54, 1.807) is 4.90 Å². The molecule has 2 bridgehead atoms. The van der Waals surface area contributed by atoms with Crippen LogP contribution in [0, 0.1) is 22.7 Å². The number of rotatable bonds is 29. The predicted molar refractivity (Wildman–Crippen MR) is 210 cm³/mol. The van der Waals surface area contributed by atoms with Crippen molar-refractivity contribution in [1.29, 1.82) is 0 Å². The third kappa shape index (κ3) is 13.4. The average Bonchev–Trinajstić information content (AvgIpc) is 3.16. The topological polar surface area (TPSA) is 143 Å². The first-order valence-electron chi connectivity index (χ1n) is 20.0. The number of nitrogens with one attached hydrogen (secondary N) is 2. The second-order valence-electron chi connectivity index (χ2n) is 14.5. The second kappa shape index (κ2) is 23.4. The molecule has 3 fully saturated rings. The summed E-state index contributed by atoms with van der Waals surface area (Å²) in [5.41, 5.74) is 3.10. The van der Waals surface area contributed by atoms with E-state index in [0.29, 0.717) is 99.0 Å². The summed E-state index contributed by atoms with van der Waals surface area (Å²) in [5.74, 6) is 6.33. The van der Waals surface area contributed by atoms with Gasteiger partial charge in [-0.15, -0.1) is 0 Å². The fourth-order valence-corrected chi connectivity index (χ4v) is 7.34. The highest BCUT2D eigenvalue weighted by molar-refractivity contribution is 5.95. The Morgan fingerprint density at radius 3 is 1.71 bits per heavy atom. The molecule has 1 heterocycles. The first-order valence-corrected chi connectivity index (χ1v) is 20.0. The lowest BCUT2D eigenvalue weighted by atomic mass is 9.35. The van der Waals surface area contributed by atoms with Gasteiger partial charge >= 0.3 is 0 Å².